The lowest BCUT2D eigenvalue weighted by atomic mass is 10.1. The molecule has 0 aromatic heterocycles. The van der Waals surface area contributed by atoms with Gasteiger partial charge in [-0.1, -0.05) is 251 Å². The van der Waals surface area contributed by atoms with Crippen molar-refractivity contribution in [2.75, 3.05) is 13.2 Å². The molecule has 0 aliphatic rings. The number of hydrogen-bond donors (Lipinski definition) is 0. The normalized spacial score (nSPS) is 13.2. The molecule has 6 nitrogen and oxygen atoms in total. The predicted molar refractivity (Wildman–Crippen MR) is 292 cm³/mol. The van der Waals surface area contributed by atoms with Gasteiger partial charge in [-0.3, -0.25) is 14.4 Å². The van der Waals surface area contributed by atoms with Gasteiger partial charge in [0.25, 0.3) is 0 Å². The van der Waals surface area contributed by atoms with Gasteiger partial charge in [0.2, 0.25) is 0 Å². The van der Waals surface area contributed by atoms with Gasteiger partial charge in [0, 0.05) is 19.3 Å². The van der Waals surface area contributed by atoms with Gasteiger partial charge < -0.3 is 14.2 Å². The zero-order valence-corrected chi connectivity index (χ0v) is 43.6. The highest BCUT2D eigenvalue weighted by molar-refractivity contribution is 5.71. The molecule has 0 aliphatic heterocycles. The molecule has 0 bridgehead atoms. The highest BCUT2D eigenvalue weighted by atomic mass is 16.6. The number of carbonyl (C=O) groups is 3. The van der Waals surface area contributed by atoms with E-state index in [9.17, 15) is 14.4 Å². The van der Waals surface area contributed by atoms with Crippen LogP contribution in [0.2, 0.25) is 0 Å². The van der Waals surface area contributed by atoms with Crippen LogP contribution in [0.4, 0.5) is 0 Å². The Labute approximate surface area is 417 Å². The molecule has 0 aromatic rings. The van der Waals surface area contributed by atoms with Crippen LogP contribution in [0.15, 0.2) is 134 Å². The Bertz CT molecular complexity index is 1500. The second kappa shape index (κ2) is 55.1. The Hall–Kier alpha value is -4.45. The molecule has 0 saturated carbocycles. The van der Waals surface area contributed by atoms with Gasteiger partial charge in [0.05, 0.1) is 0 Å². The van der Waals surface area contributed by atoms with Crippen LogP contribution in [0.3, 0.4) is 0 Å². The van der Waals surface area contributed by atoms with Crippen molar-refractivity contribution in [2.45, 2.75) is 226 Å². The Morgan fingerprint density at radius 2 is 0.588 bits per heavy atom. The number of esters is 3. The van der Waals surface area contributed by atoms with Crippen molar-refractivity contribution in [2.24, 2.45) is 0 Å². The molecular weight excluding hydrogens is 841 g/mol. The summed E-state index contributed by atoms with van der Waals surface area (Å²) >= 11 is 0. The van der Waals surface area contributed by atoms with Gasteiger partial charge in [-0.05, 0) is 83.5 Å². The first-order chi connectivity index (χ1) is 33.5. The second-order valence-corrected chi connectivity index (χ2v) is 17.6. The van der Waals surface area contributed by atoms with E-state index in [4.69, 9.17) is 14.2 Å². The Balaban J connectivity index is 4.54. The van der Waals surface area contributed by atoms with E-state index >= 15 is 0 Å². The zero-order valence-electron chi connectivity index (χ0n) is 43.6. The summed E-state index contributed by atoms with van der Waals surface area (Å²) in [7, 11) is 0. The third-order valence-electron chi connectivity index (χ3n) is 11.1. The lowest BCUT2D eigenvalue weighted by molar-refractivity contribution is -0.167. The third kappa shape index (κ3) is 52.5. The van der Waals surface area contributed by atoms with Crippen LogP contribution in [0, 0.1) is 0 Å². The SMILES string of the molecule is CC\C=C/C=C\C=C/C=C\C=C\C=C/C=C\CCCCCC(=O)OCC(COC(=O)CCCCCCC\C=C/C=C\C=C/CC)OC(=O)CCCCCCC/C=C\CCCCCCCCCCC. The van der Waals surface area contributed by atoms with Crippen LogP contribution in [-0.4, -0.2) is 37.2 Å². The molecule has 0 fully saturated rings. The van der Waals surface area contributed by atoms with Crippen molar-refractivity contribution < 1.29 is 28.6 Å². The molecule has 1 unspecified atom stereocenters. The number of ether oxygens (including phenoxy) is 3. The van der Waals surface area contributed by atoms with Gasteiger partial charge in [0.1, 0.15) is 13.2 Å². The van der Waals surface area contributed by atoms with Gasteiger partial charge in [-0.2, -0.15) is 0 Å². The van der Waals surface area contributed by atoms with Crippen molar-refractivity contribution in [3.63, 3.8) is 0 Å². The monoisotopic (exact) mass is 939 g/mol. The van der Waals surface area contributed by atoms with Crippen molar-refractivity contribution in [1.82, 2.24) is 0 Å². The largest absolute Gasteiger partial charge is 0.462 e. The highest BCUT2D eigenvalue weighted by Gasteiger charge is 2.19. The van der Waals surface area contributed by atoms with Gasteiger partial charge in [0.15, 0.2) is 6.10 Å². The highest BCUT2D eigenvalue weighted by Crippen LogP contribution is 2.14. The third-order valence-corrected chi connectivity index (χ3v) is 11.1. The first kappa shape index (κ1) is 63.5. The maximum Gasteiger partial charge on any atom is 0.306 e. The number of hydrogen-bond acceptors (Lipinski definition) is 6. The zero-order chi connectivity index (χ0) is 49.3. The van der Waals surface area contributed by atoms with E-state index in [0.29, 0.717) is 19.3 Å². The Kier molecular flexibility index (Phi) is 51.5. The van der Waals surface area contributed by atoms with E-state index in [1.165, 1.54) is 70.6 Å². The van der Waals surface area contributed by atoms with Crippen LogP contribution in [0.5, 0.6) is 0 Å². The molecule has 0 spiro atoms. The lowest BCUT2D eigenvalue weighted by Gasteiger charge is -2.18. The molecule has 0 N–H and O–H groups in total. The van der Waals surface area contributed by atoms with E-state index in [1.54, 1.807) is 0 Å². The number of unbranched alkanes of at least 4 members (excludes halogenated alkanes) is 22. The molecule has 0 heterocycles. The lowest BCUT2D eigenvalue weighted by Crippen LogP contribution is -2.30. The Morgan fingerprint density at radius 1 is 0.309 bits per heavy atom. The molecule has 0 rings (SSSR count). The summed E-state index contributed by atoms with van der Waals surface area (Å²) in [5.41, 5.74) is 0. The molecule has 0 saturated heterocycles. The van der Waals surface area contributed by atoms with Gasteiger partial charge in [-0.15, -0.1) is 0 Å². The minimum atomic E-state index is -0.815. The molecule has 0 radical (unpaired) electrons. The van der Waals surface area contributed by atoms with Crippen LogP contribution in [0.1, 0.15) is 220 Å². The fraction of sp³-hybridized carbons (Fsp3) is 0.597. The van der Waals surface area contributed by atoms with E-state index in [1.807, 2.05) is 72.9 Å². The van der Waals surface area contributed by atoms with Crippen LogP contribution < -0.4 is 0 Å². The topological polar surface area (TPSA) is 78.9 Å². The van der Waals surface area contributed by atoms with E-state index in [0.717, 1.165) is 109 Å². The quantitative estimate of drug-likeness (QED) is 0.0199. The second-order valence-electron chi connectivity index (χ2n) is 17.6. The minimum Gasteiger partial charge on any atom is -0.462 e. The molecule has 1 atom stereocenters. The molecular formula is C62H98O6. The van der Waals surface area contributed by atoms with Crippen molar-refractivity contribution >= 4 is 17.9 Å². The van der Waals surface area contributed by atoms with E-state index in [2.05, 4.69) is 81.5 Å². The summed E-state index contributed by atoms with van der Waals surface area (Å²) in [4.78, 5) is 38.1. The average molecular weight is 939 g/mol. The molecule has 382 valence electrons. The summed E-state index contributed by atoms with van der Waals surface area (Å²) in [6.07, 6.45) is 77.2. The number of rotatable bonds is 47. The van der Waals surface area contributed by atoms with Gasteiger partial charge >= 0.3 is 17.9 Å². The summed E-state index contributed by atoms with van der Waals surface area (Å²) in [6.45, 7) is 6.28. The molecule has 0 aromatic carbocycles. The van der Waals surface area contributed by atoms with Crippen molar-refractivity contribution in [3.8, 4) is 0 Å². The number of allylic oxidation sites excluding steroid dienone is 22. The van der Waals surface area contributed by atoms with Crippen LogP contribution in [-0.2, 0) is 28.6 Å². The van der Waals surface area contributed by atoms with Crippen molar-refractivity contribution in [1.29, 1.82) is 0 Å². The fourth-order valence-corrected chi connectivity index (χ4v) is 7.07. The molecule has 0 amide bonds. The summed E-state index contributed by atoms with van der Waals surface area (Å²) in [5.74, 6) is -0.991. The van der Waals surface area contributed by atoms with Crippen LogP contribution >= 0.6 is 0 Å². The first-order valence-electron chi connectivity index (χ1n) is 27.3. The van der Waals surface area contributed by atoms with Crippen LogP contribution in [0.25, 0.3) is 0 Å². The minimum absolute atomic E-state index is 0.112. The van der Waals surface area contributed by atoms with Crippen molar-refractivity contribution in [3.05, 3.63) is 134 Å². The number of carbonyl (C=O) groups excluding carboxylic acids is 3. The predicted octanol–water partition coefficient (Wildman–Crippen LogP) is 18.3. The fourth-order valence-electron chi connectivity index (χ4n) is 7.07. The van der Waals surface area contributed by atoms with E-state index in [-0.39, 0.29) is 31.1 Å². The van der Waals surface area contributed by atoms with Gasteiger partial charge in [-0.25, -0.2) is 0 Å². The molecule has 0 aliphatic carbocycles. The first-order valence-corrected chi connectivity index (χ1v) is 27.3. The standard InChI is InChI=1S/C62H98O6/c1-4-7-10-13-16-19-22-25-27-29-31-33-34-37-40-43-46-49-52-55-61(64)67-58-59(57-66-60(63)54-51-48-45-42-39-36-24-21-18-15-12-9-6-3)68-62(65)56-53-50-47-44-41-38-35-32-30-28-26-23-20-17-14-11-8-5-2/h7,9-10,12-13,15-16,18-19,21-22,24-25,27,29,31-35,37,40,59H,4-6,8,11,14,17,20,23,26,28,30,36,38-39,41-58H2,1-3H3/b10-7-,12-9-,16-13-,18-15-,22-19-,24-21-,27-25-,31-29+,34-33-,35-32-,40-37-. The molecule has 6 heteroatoms. The Morgan fingerprint density at radius 3 is 0.956 bits per heavy atom. The molecule has 68 heavy (non-hydrogen) atoms. The maximum absolute atomic E-state index is 12.8. The summed E-state index contributed by atoms with van der Waals surface area (Å²) < 4.78 is 16.8. The summed E-state index contributed by atoms with van der Waals surface area (Å²) in [5, 5.41) is 0. The summed E-state index contributed by atoms with van der Waals surface area (Å²) in [6, 6.07) is 0. The van der Waals surface area contributed by atoms with E-state index < -0.39 is 6.10 Å². The maximum atomic E-state index is 12.8. The smallest absolute Gasteiger partial charge is 0.306 e. The average Bonchev–Trinajstić information content (AvgIpc) is 3.34.